The Labute approximate surface area is 612 Å². The van der Waals surface area contributed by atoms with Crippen LogP contribution in [0.2, 0.25) is 0 Å². The van der Waals surface area contributed by atoms with E-state index in [2.05, 4.69) is 216 Å². The van der Waals surface area contributed by atoms with E-state index >= 15 is 0 Å². The first-order chi connectivity index (χ1) is 47.1. The van der Waals surface area contributed by atoms with Crippen molar-refractivity contribution in [3.8, 4) is 0 Å². The molecule has 0 bridgehead atoms. The maximum atomic E-state index is 12.3. The summed E-state index contributed by atoms with van der Waals surface area (Å²) >= 11 is 0. The fourth-order valence-corrected chi connectivity index (χ4v) is 12.6. The van der Waals surface area contributed by atoms with E-state index in [4.69, 9.17) is 4.74 Å². The molecule has 558 valence electrons. The molecule has 0 aliphatic carbocycles. The van der Waals surface area contributed by atoms with Crippen molar-refractivity contribution in [2.24, 2.45) is 5.92 Å². The zero-order valence-electron chi connectivity index (χ0n) is 68.6. The summed E-state index contributed by atoms with van der Waals surface area (Å²) in [4.78, 5) is 12.3. The van der Waals surface area contributed by atoms with E-state index in [9.17, 15) is 4.79 Å². The Kier molecular flexibility index (Phi) is 62.9. The van der Waals surface area contributed by atoms with Gasteiger partial charge in [-0.1, -0.05) is 266 Å². The van der Waals surface area contributed by atoms with E-state index in [0.29, 0.717) is 18.9 Å². The van der Waals surface area contributed by atoms with Gasteiger partial charge in [-0.25, -0.2) is 0 Å². The topological polar surface area (TPSA) is 26.3 Å². The quantitative estimate of drug-likeness (QED) is 0.0345. The Morgan fingerprint density at radius 3 is 0.622 bits per heavy atom. The van der Waals surface area contributed by atoms with Gasteiger partial charge >= 0.3 is 5.97 Å². The summed E-state index contributed by atoms with van der Waals surface area (Å²) in [5.74, 6) is 0.573. The molecule has 0 spiro atoms. The van der Waals surface area contributed by atoms with Gasteiger partial charge in [0.2, 0.25) is 0 Å². The van der Waals surface area contributed by atoms with E-state index in [1.54, 1.807) is 0 Å². The molecule has 0 rings (SSSR count). The lowest BCUT2D eigenvalue weighted by Gasteiger charge is -2.11. The van der Waals surface area contributed by atoms with E-state index in [1.165, 1.54) is 225 Å². The van der Waals surface area contributed by atoms with Crippen LogP contribution < -0.4 is 0 Å². The molecular formula is C96H162O2. The monoisotopic (exact) mass is 1350 g/mol. The van der Waals surface area contributed by atoms with Gasteiger partial charge in [0.05, 0.1) is 6.61 Å². The van der Waals surface area contributed by atoms with E-state index in [0.717, 1.165) is 141 Å². The molecule has 0 aromatic heterocycles. The molecule has 0 fully saturated rings. The van der Waals surface area contributed by atoms with Crippen LogP contribution in [0.3, 0.4) is 0 Å². The predicted octanol–water partition coefficient (Wildman–Crippen LogP) is 33.0. The highest BCUT2D eigenvalue weighted by Crippen LogP contribution is 2.23. The normalized spacial score (nSPS) is 14.7. The van der Waals surface area contributed by atoms with Gasteiger partial charge in [0.25, 0.3) is 0 Å². The van der Waals surface area contributed by atoms with Crippen molar-refractivity contribution in [3.05, 3.63) is 175 Å². The van der Waals surface area contributed by atoms with Crippen LogP contribution in [-0.2, 0) is 9.53 Å². The molecule has 0 radical (unpaired) electrons. The Morgan fingerprint density at radius 1 is 0.235 bits per heavy atom. The summed E-state index contributed by atoms with van der Waals surface area (Å²) in [5, 5.41) is 0. The maximum absolute atomic E-state index is 12.3. The van der Waals surface area contributed by atoms with Gasteiger partial charge in [-0.2, -0.15) is 0 Å². The standard InChI is InChI=1S/C96H162O2/c1-19-20-21-22-23-24-25-26-27-28-29-30-31-77-96(97)98-79-78-95(18)76-46-75-94(17)74-45-73-93(16)72-44-71-92(15)70-43-69-91(14)68-42-67-90(13)66-41-65-89(12)64-40-63-88(11)62-39-61-87(10)60-38-59-86(9)58-37-57-85(8)56-36-55-84(7)54-35-53-83(6)52-34-51-82(5)50-33-49-81(4)48-32-47-80(2)3/h47,49,51,53,55,57,59,61,63,65,67,69,71,73,75,95H,19-46,48,50,52,54,56,58,60,62,64,66,68,70,72,74,76-79H2,1-18H3/b81-49+,82-51+,83-53-,84-55-,85-57-,86-59-,87-61-,88-63-,89-65-,90-67-,91-69-,92-71-,93-73-,94-75-/t95-/m0/s1. The molecule has 1 atom stereocenters. The molecule has 0 aromatic carbocycles. The molecule has 0 amide bonds. The molecule has 2 heteroatoms. The lowest BCUT2D eigenvalue weighted by Crippen LogP contribution is -2.08. The van der Waals surface area contributed by atoms with E-state index in [-0.39, 0.29) is 5.97 Å². The first-order valence-electron chi connectivity index (χ1n) is 41.1. The molecule has 0 saturated heterocycles. The summed E-state index contributed by atoms with van der Waals surface area (Å²) in [6, 6.07) is 0. The number of hydrogen-bond acceptors (Lipinski definition) is 2. The number of carbonyl (C=O) groups is 1. The number of rotatable bonds is 62. The summed E-state index contributed by atoms with van der Waals surface area (Å²) < 4.78 is 5.59. The Bertz CT molecular complexity index is 2540. The molecule has 0 unspecified atom stereocenters. The second-order valence-electron chi connectivity index (χ2n) is 31.2. The van der Waals surface area contributed by atoms with Gasteiger partial charge in [-0.15, -0.1) is 0 Å². The summed E-state index contributed by atoms with van der Waals surface area (Å²) in [6.07, 6.45) is 90.4. The second kappa shape index (κ2) is 65.9. The summed E-state index contributed by atoms with van der Waals surface area (Å²) in [7, 11) is 0. The predicted molar refractivity (Wildman–Crippen MR) is 446 cm³/mol. The first-order valence-corrected chi connectivity index (χ1v) is 41.1. The fraction of sp³-hybridized carbons (Fsp3) is 0.677. The van der Waals surface area contributed by atoms with Crippen molar-refractivity contribution < 1.29 is 9.53 Å². The van der Waals surface area contributed by atoms with Gasteiger partial charge in [0.1, 0.15) is 0 Å². The van der Waals surface area contributed by atoms with Gasteiger partial charge in [0.15, 0.2) is 0 Å². The number of allylic oxidation sites excluding steroid dienone is 30. The van der Waals surface area contributed by atoms with Crippen molar-refractivity contribution in [2.75, 3.05) is 6.61 Å². The van der Waals surface area contributed by atoms with Gasteiger partial charge in [0, 0.05) is 6.42 Å². The third-order valence-corrected chi connectivity index (χ3v) is 20.0. The molecule has 0 N–H and O–H groups in total. The smallest absolute Gasteiger partial charge is 0.305 e. The Balaban J connectivity index is 4.24. The van der Waals surface area contributed by atoms with Crippen LogP contribution >= 0.6 is 0 Å². The molecular weight excluding hydrogens is 1190 g/mol. The molecule has 0 aliphatic rings. The Morgan fingerprint density at radius 2 is 0.418 bits per heavy atom. The van der Waals surface area contributed by atoms with E-state index in [1.807, 2.05) is 0 Å². The van der Waals surface area contributed by atoms with Crippen LogP contribution in [0.4, 0.5) is 0 Å². The van der Waals surface area contributed by atoms with Crippen molar-refractivity contribution >= 4 is 5.97 Å². The fourth-order valence-electron chi connectivity index (χ4n) is 12.6. The second-order valence-corrected chi connectivity index (χ2v) is 31.2. The average Bonchev–Trinajstić information content (AvgIpc) is 3.15. The minimum absolute atomic E-state index is 0.00139. The average molecular weight is 1350 g/mol. The number of unbranched alkanes of at least 4 members (excludes halogenated alkanes) is 12. The van der Waals surface area contributed by atoms with Gasteiger partial charge in [-0.05, 0) is 322 Å². The number of esters is 1. The van der Waals surface area contributed by atoms with E-state index < -0.39 is 0 Å². The van der Waals surface area contributed by atoms with Crippen molar-refractivity contribution in [2.45, 2.75) is 414 Å². The van der Waals surface area contributed by atoms with Crippen LogP contribution in [0.15, 0.2) is 175 Å². The summed E-state index contributed by atoms with van der Waals surface area (Å²) in [6.45, 7) is 41.9. The van der Waals surface area contributed by atoms with Gasteiger partial charge in [-0.3, -0.25) is 4.79 Å². The van der Waals surface area contributed by atoms with Crippen molar-refractivity contribution in [3.63, 3.8) is 0 Å². The van der Waals surface area contributed by atoms with Crippen LogP contribution in [0, 0.1) is 5.92 Å². The molecule has 0 aromatic rings. The van der Waals surface area contributed by atoms with Crippen LogP contribution in [0.1, 0.15) is 414 Å². The van der Waals surface area contributed by atoms with Crippen LogP contribution in [-0.4, -0.2) is 12.6 Å². The molecule has 0 saturated carbocycles. The minimum Gasteiger partial charge on any atom is -0.466 e. The van der Waals surface area contributed by atoms with Gasteiger partial charge < -0.3 is 4.74 Å². The van der Waals surface area contributed by atoms with Crippen molar-refractivity contribution in [1.82, 2.24) is 0 Å². The third-order valence-electron chi connectivity index (χ3n) is 20.0. The number of carbonyl (C=O) groups excluding carboxylic acids is 1. The third kappa shape index (κ3) is 66.1. The molecule has 98 heavy (non-hydrogen) atoms. The molecule has 0 aliphatic heterocycles. The highest BCUT2D eigenvalue weighted by molar-refractivity contribution is 5.69. The first kappa shape index (κ1) is 93.6. The van der Waals surface area contributed by atoms with Crippen LogP contribution in [0.5, 0.6) is 0 Å². The number of ether oxygens (including phenoxy) is 1. The lowest BCUT2D eigenvalue weighted by atomic mass is 10.00. The largest absolute Gasteiger partial charge is 0.466 e. The number of hydrogen-bond donors (Lipinski definition) is 0. The molecule has 0 heterocycles. The molecule has 2 nitrogen and oxygen atoms in total. The highest BCUT2D eigenvalue weighted by Gasteiger charge is 2.07. The van der Waals surface area contributed by atoms with Crippen LogP contribution in [0.25, 0.3) is 0 Å². The summed E-state index contributed by atoms with van der Waals surface area (Å²) in [5.41, 5.74) is 22.8. The van der Waals surface area contributed by atoms with Crippen molar-refractivity contribution in [1.29, 1.82) is 0 Å². The Hall–Kier alpha value is -4.43. The zero-order chi connectivity index (χ0) is 72.7. The maximum Gasteiger partial charge on any atom is 0.305 e. The highest BCUT2D eigenvalue weighted by atomic mass is 16.5. The SMILES string of the molecule is CCCCCCCCCCCCCCCC(=O)OCC[C@@H](C)CC/C=C(/C)CC/C=C(/C)CC/C=C(/C)CC/C=C(/C)CC/C=C(/C)CC/C=C(/C)CC/C=C(/C)CC/C=C(/C)CC/C=C(/C)CC/C=C(/C)CC/C=C(/C)CC/C=C(/C)CC/C=C(\C)CC/C=C(\C)CCC=C(C)C. The zero-order valence-corrected chi connectivity index (χ0v) is 68.6. The lowest BCUT2D eigenvalue weighted by molar-refractivity contribution is -0.144. The minimum atomic E-state index is -0.00139.